The number of nitrogens with zero attached hydrogens (tertiary/aromatic N) is 2. The molecule has 0 radical (unpaired) electrons. The fourth-order valence-corrected chi connectivity index (χ4v) is 1.41. The van der Waals surface area contributed by atoms with Gasteiger partial charge in [-0.25, -0.2) is 10.4 Å². The van der Waals surface area contributed by atoms with E-state index in [1.165, 1.54) is 12.7 Å². The van der Waals surface area contributed by atoms with Gasteiger partial charge in [0.1, 0.15) is 12.2 Å². The van der Waals surface area contributed by atoms with E-state index in [1.807, 2.05) is 0 Å². The number of H-pyrrole nitrogens is 1. The van der Waals surface area contributed by atoms with Crippen LogP contribution in [0.4, 0.5) is 0 Å². The Morgan fingerprint density at radius 1 is 1.50 bits per heavy atom. The zero-order chi connectivity index (χ0) is 10.4. The molecule has 0 aliphatic rings. The maximum absolute atomic E-state index is 5.44. The zero-order valence-electron chi connectivity index (χ0n) is 8.83. The van der Waals surface area contributed by atoms with Crippen LogP contribution in [0.15, 0.2) is 6.33 Å². The lowest BCUT2D eigenvalue weighted by atomic mass is 10.0. The lowest BCUT2D eigenvalue weighted by Gasteiger charge is -2.13. The molecule has 5 heteroatoms. The van der Waals surface area contributed by atoms with E-state index in [2.05, 4.69) is 34.5 Å². The van der Waals surface area contributed by atoms with Crippen LogP contribution >= 0.6 is 0 Å². The van der Waals surface area contributed by atoms with E-state index in [-0.39, 0.29) is 6.04 Å². The molecule has 5 nitrogen and oxygen atoms in total. The van der Waals surface area contributed by atoms with Crippen LogP contribution < -0.4 is 11.3 Å². The van der Waals surface area contributed by atoms with Crippen LogP contribution in [0.1, 0.15) is 45.0 Å². The third-order valence-corrected chi connectivity index (χ3v) is 2.24. The quantitative estimate of drug-likeness (QED) is 0.472. The summed E-state index contributed by atoms with van der Waals surface area (Å²) in [7, 11) is 0. The smallest absolute Gasteiger partial charge is 0.142 e. The molecular weight excluding hydrogens is 178 g/mol. The fraction of sp³-hybridized carbons (Fsp3) is 0.778. The first kappa shape index (κ1) is 11.1. The molecule has 0 saturated heterocycles. The molecular formula is C9H19N5. The van der Waals surface area contributed by atoms with Gasteiger partial charge >= 0.3 is 0 Å². The van der Waals surface area contributed by atoms with Crippen LogP contribution in [0.25, 0.3) is 0 Å². The molecule has 0 bridgehead atoms. The minimum absolute atomic E-state index is 0.0937. The highest BCUT2D eigenvalue weighted by atomic mass is 15.3. The molecule has 14 heavy (non-hydrogen) atoms. The minimum atomic E-state index is 0.0937. The van der Waals surface area contributed by atoms with Crippen molar-refractivity contribution in [1.29, 1.82) is 0 Å². The Kier molecular flexibility index (Phi) is 4.55. The summed E-state index contributed by atoms with van der Waals surface area (Å²) in [6, 6.07) is 0.0937. The van der Waals surface area contributed by atoms with E-state index in [0.717, 1.165) is 24.6 Å². The molecule has 0 aliphatic carbocycles. The van der Waals surface area contributed by atoms with Crippen molar-refractivity contribution in [2.45, 2.75) is 39.2 Å². The Balaban J connectivity index is 2.33. The van der Waals surface area contributed by atoms with E-state index < -0.39 is 0 Å². The normalized spacial score (nSPS) is 13.4. The maximum Gasteiger partial charge on any atom is 0.142 e. The van der Waals surface area contributed by atoms with Gasteiger partial charge in [-0.2, -0.15) is 5.10 Å². The van der Waals surface area contributed by atoms with Crippen molar-refractivity contribution in [2.24, 2.45) is 11.8 Å². The van der Waals surface area contributed by atoms with Crippen LogP contribution in [-0.2, 0) is 0 Å². The Morgan fingerprint density at radius 2 is 2.29 bits per heavy atom. The van der Waals surface area contributed by atoms with Gasteiger partial charge in [0, 0.05) is 0 Å². The van der Waals surface area contributed by atoms with Crippen molar-refractivity contribution in [3.63, 3.8) is 0 Å². The number of hydrogen-bond acceptors (Lipinski definition) is 4. The van der Waals surface area contributed by atoms with Crippen molar-refractivity contribution >= 4 is 0 Å². The highest BCUT2D eigenvalue weighted by Gasteiger charge is 2.11. The topological polar surface area (TPSA) is 79.6 Å². The van der Waals surface area contributed by atoms with Gasteiger partial charge in [-0.05, 0) is 12.3 Å². The standard InChI is InChI=1S/C9H19N5/c1-7(2)4-3-5-8(13-10)9-11-6-12-14-9/h6-8,13H,3-5,10H2,1-2H3,(H,11,12,14). The van der Waals surface area contributed by atoms with Crippen molar-refractivity contribution in [3.05, 3.63) is 12.2 Å². The van der Waals surface area contributed by atoms with E-state index in [4.69, 9.17) is 5.84 Å². The van der Waals surface area contributed by atoms with Crippen LogP contribution in [0, 0.1) is 5.92 Å². The molecule has 1 aromatic rings. The average molecular weight is 197 g/mol. The van der Waals surface area contributed by atoms with Crippen molar-refractivity contribution in [2.75, 3.05) is 0 Å². The third kappa shape index (κ3) is 3.43. The summed E-state index contributed by atoms with van der Waals surface area (Å²) in [5.74, 6) is 7.00. The van der Waals surface area contributed by atoms with Gasteiger partial charge in [-0.3, -0.25) is 10.9 Å². The van der Waals surface area contributed by atoms with E-state index >= 15 is 0 Å². The van der Waals surface area contributed by atoms with Crippen LogP contribution in [0.3, 0.4) is 0 Å². The van der Waals surface area contributed by atoms with Gasteiger partial charge in [0.05, 0.1) is 6.04 Å². The molecule has 0 amide bonds. The Labute approximate surface area is 84.5 Å². The molecule has 1 heterocycles. The molecule has 1 atom stereocenters. The monoisotopic (exact) mass is 197 g/mol. The first-order valence-corrected chi connectivity index (χ1v) is 5.05. The first-order valence-electron chi connectivity index (χ1n) is 5.05. The largest absolute Gasteiger partial charge is 0.271 e. The lowest BCUT2D eigenvalue weighted by molar-refractivity contribution is 0.441. The van der Waals surface area contributed by atoms with Gasteiger partial charge in [-0.1, -0.05) is 26.7 Å². The van der Waals surface area contributed by atoms with Crippen LogP contribution in [-0.4, -0.2) is 15.2 Å². The molecule has 0 aliphatic heterocycles. The summed E-state index contributed by atoms with van der Waals surface area (Å²) >= 11 is 0. The minimum Gasteiger partial charge on any atom is -0.271 e. The van der Waals surface area contributed by atoms with Crippen molar-refractivity contribution in [3.8, 4) is 0 Å². The Morgan fingerprint density at radius 3 is 2.79 bits per heavy atom. The number of hydrogen-bond donors (Lipinski definition) is 3. The van der Waals surface area contributed by atoms with Gasteiger partial charge < -0.3 is 0 Å². The molecule has 1 rings (SSSR count). The summed E-state index contributed by atoms with van der Waals surface area (Å²) in [5, 5.41) is 6.63. The zero-order valence-corrected chi connectivity index (χ0v) is 8.83. The second-order valence-electron chi connectivity index (χ2n) is 3.91. The molecule has 1 unspecified atom stereocenters. The van der Waals surface area contributed by atoms with Gasteiger partial charge in [-0.15, -0.1) is 0 Å². The highest BCUT2D eigenvalue weighted by Crippen LogP contribution is 2.16. The Hall–Kier alpha value is -0.940. The SMILES string of the molecule is CC(C)CCCC(NN)c1ncn[nH]1. The summed E-state index contributed by atoms with van der Waals surface area (Å²) in [6.07, 6.45) is 4.85. The van der Waals surface area contributed by atoms with Crippen molar-refractivity contribution < 1.29 is 0 Å². The number of aromatic amines is 1. The number of aromatic nitrogens is 3. The summed E-state index contributed by atoms with van der Waals surface area (Å²) in [6.45, 7) is 4.44. The molecule has 0 saturated carbocycles. The maximum atomic E-state index is 5.44. The number of hydrazine groups is 1. The van der Waals surface area contributed by atoms with Crippen molar-refractivity contribution in [1.82, 2.24) is 20.6 Å². The third-order valence-electron chi connectivity index (χ3n) is 2.24. The summed E-state index contributed by atoms with van der Waals surface area (Å²) < 4.78 is 0. The second-order valence-corrected chi connectivity index (χ2v) is 3.91. The van der Waals surface area contributed by atoms with Gasteiger partial charge in [0.25, 0.3) is 0 Å². The van der Waals surface area contributed by atoms with E-state index in [0.29, 0.717) is 0 Å². The van der Waals surface area contributed by atoms with Gasteiger partial charge in [0.2, 0.25) is 0 Å². The number of rotatable bonds is 6. The van der Waals surface area contributed by atoms with Crippen LogP contribution in [0.2, 0.25) is 0 Å². The average Bonchev–Trinajstić information content (AvgIpc) is 2.64. The second kappa shape index (κ2) is 5.72. The highest BCUT2D eigenvalue weighted by molar-refractivity contribution is 4.89. The van der Waals surface area contributed by atoms with Crippen LogP contribution in [0.5, 0.6) is 0 Å². The summed E-state index contributed by atoms with van der Waals surface area (Å²) in [5.41, 5.74) is 2.74. The predicted molar refractivity (Wildman–Crippen MR) is 55.1 cm³/mol. The molecule has 4 N–H and O–H groups in total. The predicted octanol–water partition coefficient (Wildman–Crippen LogP) is 1.14. The molecule has 0 fully saturated rings. The molecule has 0 aromatic carbocycles. The van der Waals surface area contributed by atoms with Gasteiger partial charge in [0.15, 0.2) is 0 Å². The lowest BCUT2D eigenvalue weighted by Crippen LogP contribution is -2.28. The molecule has 0 spiro atoms. The molecule has 80 valence electrons. The first-order chi connectivity index (χ1) is 6.74. The summed E-state index contributed by atoms with van der Waals surface area (Å²) in [4.78, 5) is 4.08. The van der Waals surface area contributed by atoms with E-state index in [1.54, 1.807) is 0 Å². The van der Waals surface area contributed by atoms with E-state index in [9.17, 15) is 0 Å². The number of nitrogens with one attached hydrogen (secondary N) is 2. The molecule has 1 aromatic heterocycles. The number of nitrogens with two attached hydrogens (primary N) is 1. The fourth-order valence-electron chi connectivity index (χ4n) is 1.41. The Bertz CT molecular complexity index is 231.